The molecule has 0 saturated heterocycles. The molecule has 0 radical (unpaired) electrons. The normalized spacial score (nSPS) is 11.1. The van der Waals surface area contributed by atoms with Crippen LogP contribution in [0.3, 0.4) is 0 Å². The van der Waals surface area contributed by atoms with Crippen molar-refractivity contribution in [2.24, 2.45) is 0 Å². The Balaban J connectivity index is 2.53. The molecule has 110 valence electrons. The fourth-order valence-corrected chi connectivity index (χ4v) is 1.72. The van der Waals surface area contributed by atoms with Crippen LogP contribution in [0.2, 0.25) is 0 Å². The third kappa shape index (κ3) is 5.82. The number of nitrogens with zero attached hydrogens (tertiary/aromatic N) is 1. The van der Waals surface area contributed by atoms with Gasteiger partial charge in [-0.3, -0.25) is 9.59 Å². The molecule has 0 unspecified atom stereocenters. The minimum atomic E-state index is -0.372. The van der Waals surface area contributed by atoms with Crippen LogP contribution in [-0.2, 0) is 16.0 Å². The lowest BCUT2D eigenvalue weighted by Crippen LogP contribution is -2.46. The molecule has 20 heavy (non-hydrogen) atoms. The van der Waals surface area contributed by atoms with Gasteiger partial charge in [-0.2, -0.15) is 0 Å². The molecule has 0 aliphatic carbocycles. The van der Waals surface area contributed by atoms with Gasteiger partial charge in [-0.25, -0.2) is 4.39 Å². The fraction of sp³-hybridized carbons (Fsp3) is 0.467. The van der Waals surface area contributed by atoms with Crippen LogP contribution in [0.1, 0.15) is 26.3 Å². The van der Waals surface area contributed by atoms with E-state index < -0.39 is 0 Å². The van der Waals surface area contributed by atoms with Crippen LogP contribution in [0.4, 0.5) is 4.39 Å². The predicted octanol–water partition coefficient (Wildman–Crippen LogP) is 1.74. The smallest absolute Gasteiger partial charge is 0.240 e. The average Bonchev–Trinajstić information content (AvgIpc) is 2.25. The summed E-state index contributed by atoms with van der Waals surface area (Å²) in [7, 11) is 1.56. The summed E-state index contributed by atoms with van der Waals surface area (Å²) in [5.41, 5.74) is 0.266. The van der Waals surface area contributed by atoms with Crippen molar-refractivity contribution in [2.45, 2.75) is 32.7 Å². The van der Waals surface area contributed by atoms with E-state index in [1.54, 1.807) is 19.2 Å². The summed E-state index contributed by atoms with van der Waals surface area (Å²) in [6.45, 7) is 5.61. The van der Waals surface area contributed by atoms with E-state index in [-0.39, 0.29) is 36.1 Å². The highest BCUT2D eigenvalue weighted by atomic mass is 19.1. The number of carbonyl (C=O) groups is 2. The van der Waals surface area contributed by atoms with Crippen molar-refractivity contribution in [3.8, 4) is 0 Å². The summed E-state index contributed by atoms with van der Waals surface area (Å²) in [6, 6.07) is 5.89. The first-order valence-electron chi connectivity index (χ1n) is 6.47. The second-order valence-corrected chi connectivity index (χ2v) is 5.85. The van der Waals surface area contributed by atoms with Crippen LogP contribution in [0.15, 0.2) is 24.3 Å². The van der Waals surface area contributed by atoms with Gasteiger partial charge in [0.15, 0.2) is 0 Å². The number of likely N-dealkylation sites (N-methyl/N-ethyl adjacent to an activating group) is 1. The van der Waals surface area contributed by atoms with Crippen LogP contribution in [-0.4, -0.2) is 35.8 Å². The lowest BCUT2D eigenvalue weighted by atomic mass is 10.1. The fourth-order valence-electron chi connectivity index (χ4n) is 1.72. The van der Waals surface area contributed by atoms with Crippen molar-refractivity contribution in [1.82, 2.24) is 10.2 Å². The molecule has 1 aromatic carbocycles. The molecule has 1 rings (SSSR count). The molecule has 0 aliphatic rings. The molecule has 5 heteroatoms. The maximum Gasteiger partial charge on any atom is 0.240 e. The zero-order chi connectivity index (χ0) is 15.3. The van der Waals surface area contributed by atoms with Crippen LogP contribution in [0, 0.1) is 5.82 Å². The first kappa shape index (κ1) is 16.1. The number of amides is 2. The zero-order valence-corrected chi connectivity index (χ0v) is 12.4. The molecular formula is C15H21FN2O2. The minimum absolute atomic E-state index is 0.00851. The van der Waals surface area contributed by atoms with E-state index in [4.69, 9.17) is 0 Å². The largest absolute Gasteiger partial charge is 0.350 e. The van der Waals surface area contributed by atoms with Crippen LogP contribution in [0.25, 0.3) is 0 Å². The van der Waals surface area contributed by atoms with E-state index in [1.807, 2.05) is 20.8 Å². The molecule has 0 spiro atoms. The minimum Gasteiger partial charge on any atom is -0.350 e. The highest BCUT2D eigenvalue weighted by Gasteiger charge is 2.17. The van der Waals surface area contributed by atoms with Gasteiger partial charge in [-0.05, 0) is 38.5 Å². The number of halogens is 1. The van der Waals surface area contributed by atoms with Crippen molar-refractivity contribution in [3.05, 3.63) is 35.6 Å². The standard InChI is InChI=1S/C15H21FN2O2/c1-15(2,3)17-13(19)10-18(4)14(20)9-11-6-5-7-12(16)8-11/h5-8H,9-10H2,1-4H3,(H,17,19). The highest BCUT2D eigenvalue weighted by molar-refractivity contribution is 5.85. The van der Waals surface area contributed by atoms with E-state index in [1.165, 1.54) is 17.0 Å². The lowest BCUT2D eigenvalue weighted by molar-refractivity contribution is -0.134. The van der Waals surface area contributed by atoms with E-state index in [0.717, 1.165) is 0 Å². The van der Waals surface area contributed by atoms with Crippen molar-refractivity contribution in [3.63, 3.8) is 0 Å². The monoisotopic (exact) mass is 280 g/mol. The van der Waals surface area contributed by atoms with Gasteiger partial charge in [0.25, 0.3) is 0 Å². The lowest BCUT2D eigenvalue weighted by Gasteiger charge is -2.23. The molecule has 2 amide bonds. The quantitative estimate of drug-likeness (QED) is 0.913. The molecule has 0 saturated carbocycles. The summed E-state index contributed by atoms with van der Waals surface area (Å²) in [5.74, 6) is -0.810. The van der Waals surface area contributed by atoms with E-state index in [0.29, 0.717) is 5.56 Å². The first-order chi connectivity index (χ1) is 9.17. The molecular weight excluding hydrogens is 259 g/mol. The Labute approximate surface area is 119 Å². The van der Waals surface area contributed by atoms with E-state index in [2.05, 4.69) is 5.32 Å². The Bertz CT molecular complexity index is 495. The maximum absolute atomic E-state index is 13.0. The third-order valence-electron chi connectivity index (χ3n) is 2.57. The van der Waals surface area contributed by atoms with Crippen LogP contribution in [0.5, 0.6) is 0 Å². The molecule has 0 atom stereocenters. The molecule has 0 heterocycles. The van der Waals surface area contributed by atoms with E-state index >= 15 is 0 Å². The SMILES string of the molecule is CN(CC(=O)NC(C)(C)C)C(=O)Cc1cccc(F)c1. The summed E-state index contributed by atoms with van der Waals surface area (Å²) in [4.78, 5) is 25.0. The molecule has 1 aromatic rings. The van der Waals surface area contributed by atoms with Crippen molar-refractivity contribution in [2.75, 3.05) is 13.6 Å². The number of hydrogen-bond donors (Lipinski definition) is 1. The predicted molar refractivity (Wildman–Crippen MR) is 75.6 cm³/mol. The first-order valence-corrected chi connectivity index (χ1v) is 6.47. The van der Waals surface area contributed by atoms with E-state index in [9.17, 15) is 14.0 Å². The Hall–Kier alpha value is -1.91. The van der Waals surface area contributed by atoms with Crippen LogP contribution >= 0.6 is 0 Å². The summed E-state index contributed by atoms with van der Waals surface area (Å²) < 4.78 is 13.0. The number of hydrogen-bond acceptors (Lipinski definition) is 2. The summed E-state index contributed by atoms with van der Waals surface area (Å²) >= 11 is 0. The van der Waals surface area contributed by atoms with Gasteiger partial charge in [0.2, 0.25) is 11.8 Å². The van der Waals surface area contributed by atoms with Crippen molar-refractivity contribution in [1.29, 1.82) is 0 Å². The number of rotatable bonds is 4. The molecule has 0 fully saturated rings. The van der Waals surface area contributed by atoms with Gasteiger partial charge in [-0.15, -0.1) is 0 Å². The zero-order valence-electron chi connectivity index (χ0n) is 12.4. The van der Waals surface area contributed by atoms with Crippen molar-refractivity contribution < 1.29 is 14.0 Å². The van der Waals surface area contributed by atoms with Crippen LogP contribution < -0.4 is 5.32 Å². The van der Waals surface area contributed by atoms with Gasteiger partial charge in [0.05, 0.1) is 13.0 Å². The van der Waals surface area contributed by atoms with Gasteiger partial charge in [-0.1, -0.05) is 12.1 Å². The molecule has 4 nitrogen and oxygen atoms in total. The maximum atomic E-state index is 13.0. The van der Waals surface area contributed by atoms with Gasteiger partial charge >= 0.3 is 0 Å². The number of nitrogens with one attached hydrogen (secondary N) is 1. The number of benzene rings is 1. The van der Waals surface area contributed by atoms with Gasteiger partial charge < -0.3 is 10.2 Å². The Morgan fingerprint density at radius 2 is 1.95 bits per heavy atom. The highest BCUT2D eigenvalue weighted by Crippen LogP contribution is 2.06. The molecule has 0 aromatic heterocycles. The van der Waals surface area contributed by atoms with Gasteiger partial charge in [0, 0.05) is 12.6 Å². The molecule has 1 N–H and O–H groups in total. The second kappa shape index (κ2) is 6.50. The topological polar surface area (TPSA) is 49.4 Å². The summed E-state index contributed by atoms with van der Waals surface area (Å²) in [5, 5.41) is 2.79. The Morgan fingerprint density at radius 1 is 1.30 bits per heavy atom. The molecule has 0 bridgehead atoms. The average molecular weight is 280 g/mol. The Kier molecular flexibility index (Phi) is 5.25. The van der Waals surface area contributed by atoms with Crippen molar-refractivity contribution >= 4 is 11.8 Å². The Morgan fingerprint density at radius 3 is 2.50 bits per heavy atom. The second-order valence-electron chi connectivity index (χ2n) is 5.85. The summed E-state index contributed by atoms with van der Waals surface area (Å²) in [6.07, 6.45) is 0.0804. The molecule has 0 aliphatic heterocycles. The third-order valence-corrected chi connectivity index (χ3v) is 2.57. The van der Waals surface area contributed by atoms with Gasteiger partial charge in [0.1, 0.15) is 5.82 Å². The number of carbonyl (C=O) groups excluding carboxylic acids is 2.